The van der Waals surface area contributed by atoms with Gasteiger partial charge in [-0.05, 0) is 18.2 Å². The number of primary amides is 1. The van der Waals surface area contributed by atoms with E-state index in [-0.39, 0.29) is 25.1 Å². The van der Waals surface area contributed by atoms with Crippen molar-refractivity contribution in [1.82, 2.24) is 5.32 Å². The number of halogens is 1. The minimum absolute atomic E-state index is 0.0187. The highest BCUT2D eigenvalue weighted by atomic mass is 19.1. The molecule has 0 heterocycles. The Labute approximate surface area is 110 Å². The molecule has 0 aliphatic heterocycles. The monoisotopic (exact) mass is 263 g/mol. The second-order valence-corrected chi connectivity index (χ2v) is 3.67. The first-order valence-electron chi connectivity index (χ1n) is 5.59. The van der Waals surface area contributed by atoms with Crippen LogP contribution in [0, 0.1) is 17.7 Å². The summed E-state index contributed by atoms with van der Waals surface area (Å²) in [5.74, 6) is 3.70. The second kappa shape index (κ2) is 7.13. The minimum Gasteiger partial charge on any atom is -0.370 e. The number of nitrogens with two attached hydrogens (primary N) is 2. The lowest BCUT2D eigenvalue weighted by Gasteiger charge is -2.06. The van der Waals surface area contributed by atoms with E-state index in [2.05, 4.69) is 17.2 Å². The largest absolute Gasteiger partial charge is 0.370 e. The first kappa shape index (κ1) is 14.7. The molecular formula is C13H14FN3O2. The van der Waals surface area contributed by atoms with Gasteiger partial charge in [-0.25, -0.2) is 4.39 Å². The van der Waals surface area contributed by atoms with E-state index in [1.54, 1.807) is 0 Å². The average molecular weight is 263 g/mol. The van der Waals surface area contributed by atoms with Crippen LogP contribution in [0.25, 0.3) is 0 Å². The number of nitrogens with one attached hydrogen (secondary N) is 1. The van der Waals surface area contributed by atoms with Crippen LogP contribution in [0.15, 0.2) is 18.2 Å². The molecule has 0 spiro atoms. The van der Waals surface area contributed by atoms with Crippen LogP contribution in [-0.2, 0) is 4.79 Å². The van der Waals surface area contributed by atoms with Gasteiger partial charge in [-0.15, -0.1) is 0 Å². The number of rotatable bonds is 4. The molecule has 1 aromatic carbocycles. The van der Waals surface area contributed by atoms with Gasteiger partial charge in [0.25, 0.3) is 5.91 Å². The molecule has 0 aromatic heterocycles. The molecule has 6 heteroatoms. The van der Waals surface area contributed by atoms with Crippen molar-refractivity contribution in [3.63, 3.8) is 0 Å². The third-order valence-electron chi connectivity index (χ3n) is 2.21. The summed E-state index contributed by atoms with van der Waals surface area (Å²) in [6, 6.07) is 3.70. The zero-order valence-electron chi connectivity index (χ0n) is 10.2. The molecule has 0 fully saturated rings. The van der Waals surface area contributed by atoms with Crippen molar-refractivity contribution in [3.05, 3.63) is 35.1 Å². The number of carbonyl (C=O) groups excluding carboxylic acids is 2. The van der Waals surface area contributed by atoms with Crippen molar-refractivity contribution in [2.24, 2.45) is 11.5 Å². The van der Waals surface area contributed by atoms with E-state index in [0.717, 1.165) is 6.07 Å². The van der Waals surface area contributed by atoms with Crippen molar-refractivity contribution in [2.75, 3.05) is 13.1 Å². The summed E-state index contributed by atoms with van der Waals surface area (Å²) in [6.07, 6.45) is 0.0187. The van der Waals surface area contributed by atoms with Gasteiger partial charge in [0.05, 0.1) is 12.1 Å². The highest BCUT2D eigenvalue weighted by molar-refractivity contribution is 5.96. The Kier molecular flexibility index (Phi) is 5.51. The lowest BCUT2D eigenvalue weighted by Crippen LogP contribution is -2.28. The van der Waals surface area contributed by atoms with Gasteiger partial charge in [0.1, 0.15) is 5.82 Å². The summed E-state index contributed by atoms with van der Waals surface area (Å²) in [4.78, 5) is 22.4. The van der Waals surface area contributed by atoms with E-state index in [4.69, 9.17) is 11.5 Å². The number of benzene rings is 1. The Morgan fingerprint density at radius 3 is 2.74 bits per heavy atom. The predicted octanol–water partition coefficient (Wildman–Crippen LogP) is -0.259. The van der Waals surface area contributed by atoms with Gasteiger partial charge in [0.2, 0.25) is 5.91 Å². The molecule has 0 saturated carbocycles. The van der Waals surface area contributed by atoms with Gasteiger partial charge < -0.3 is 16.8 Å². The maximum Gasteiger partial charge on any atom is 0.252 e. The summed E-state index contributed by atoms with van der Waals surface area (Å²) < 4.78 is 13.2. The zero-order chi connectivity index (χ0) is 14.3. The van der Waals surface area contributed by atoms with Gasteiger partial charge in [-0.2, -0.15) is 0 Å². The van der Waals surface area contributed by atoms with Crippen molar-refractivity contribution in [3.8, 4) is 11.8 Å². The quantitative estimate of drug-likeness (QED) is 0.653. The van der Waals surface area contributed by atoms with Crippen LogP contribution in [0.5, 0.6) is 0 Å². The Hall–Kier alpha value is -2.39. The molecular weight excluding hydrogens is 249 g/mol. The fourth-order valence-electron chi connectivity index (χ4n) is 1.35. The van der Waals surface area contributed by atoms with Gasteiger partial charge in [-0.1, -0.05) is 11.8 Å². The van der Waals surface area contributed by atoms with E-state index in [0.29, 0.717) is 5.56 Å². The molecule has 19 heavy (non-hydrogen) atoms. The van der Waals surface area contributed by atoms with Gasteiger partial charge in [-0.3, -0.25) is 9.59 Å². The van der Waals surface area contributed by atoms with E-state index >= 15 is 0 Å². The molecule has 0 atom stereocenters. The normalized spacial score (nSPS) is 9.37. The first-order chi connectivity index (χ1) is 9.04. The summed E-state index contributed by atoms with van der Waals surface area (Å²) in [6.45, 7) is 0.231. The molecule has 5 nitrogen and oxygen atoms in total. The molecule has 0 saturated heterocycles. The van der Waals surface area contributed by atoms with Crippen LogP contribution in [0.3, 0.4) is 0 Å². The van der Waals surface area contributed by atoms with Gasteiger partial charge in [0.15, 0.2) is 0 Å². The Morgan fingerprint density at radius 1 is 1.37 bits per heavy atom. The van der Waals surface area contributed by atoms with Crippen molar-refractivity contribution in [1.29, 1.82) is 0 Å². The third kappa shape index (κ3) is 4.77. The molecule has 5 N–H and O–H groups in total. The molecule has 0 unspecified atom stereocenters. The second-order valence-electron chi connectivity index (χ2n) is 3.67. The number of carbonyl (C=O) groups is 2. The van der Waals surface area contributed by atoms with Crippen molar-refractivity contribution < 1.29 is 14.0 Å². The van der Waals surface area contributed by atoms with E-state index < -0.39 is 17.6 Å². The van der Waals surface area contributed by atoms with E-state index in [1.807, 2.05) is 0 Å². The topological polar surface area (TPSA) is 98.2 Å². The summed E-state index contributed by atoms with van der Waals surface area (Å²) >= 11 is 0. The van der Waals surface area contributed by atoms with Crippen LogP contribution in [-0.4, -0.2) is 24.9 Å². The van der Waals surface area contributed by atoms with E-state index in [9.17, 15) is 14.0 Å². The molecule has 0 aliphatic carbocycles. The van der Waals surface area contributed by atoms with E-state index in [1.165, 1.54) is 12.1 Å². The highest BCUT2D eigenvalue weighted by Crippen LogP contribution is 2.10. The predicted molar refractivity (Wildman–Crippen MR) is 68.5 cm³/mol. The van der Waals surface area contributed by atoms with Crippen molar-refractivity contribution in [2.45, 2.75) is 6.42 Å². The molecule has 0 aliphatic rings. The number of hydrogen-bond donors (Lipinski definition) is 3. The minimum atomic E-state index is -0.543. The highest BCUT2D eigenvalue weighted by Gasteiger charge is 2.11. The molecule has 2 amide bonds. The maximum atomic E-state index is 13.2. The standard InChI is InChI=1S/C13H14FN3O2/c14-10-4-3-9(2-1-6-15)11(8-10)13(19)17-7-5-12(16)18/h3-4,8H,5-7,15H2,(H2,16,18)(H,17,19). The van der Waals surface area contributed by atoms with Crippen LogP contribution in [0.1, 0.15) is 22.3 Å². The third-order valence-corrected chi connectivity index (χ3v) is 2.21. The Morgan fingerprint density at radius 2 is 2.11 bits per heavy atom. The fourth-order valence-corrected chi connectivity index (χ4v) is 1.35. The number of hydrogen-bond acceptors (Lipinski definition) is 3. The number of amides is 2. The van der Waals surface area contributed by atoms with Crippen LogP contribution in [0.4, 0.5) is 4.39 Å². The van der Waals surface area contributed by atoms with Crippen LogP contribution >= 0.6 is 0 Å². The Bertz CT molecular complexity index is 547. The average Bonchev–Trinajstić information content (AvgIpc) is 2.36. The summed E-state index contributed by atoms with van der Waals surface area (Å²) in [7, 11) is 0. The lowest BCUT2D eigenvalue weighted by atomic mass is 10.1. The molecule has 100 valence electrons. The maximum absolute atomic E-state index is 13.2. The van der Waals surface area contributed by atoms with Crippen molar-refractivity contribution >= 4 is 11.8 Å². The SMILES string of the molecule is NCC#Cc1ccc(F)cc1C(=O)NCCC(N)=O. The Balaban J connectivity index is 2.87. The van der Waals surface area contributed by atoms with Gasteiger partial charge >= 0.3 is 0 Å². The summed E-state index contributed by atoms with van der Waals surface area (Å²) in [5, 5.41) is 2.47. The smallest absolute Gasteiger partial charge is 0.252 e. The van der Waals surface area contributed by atoms with Crippen LogP contribution < -0.4 is 16.8 Å². The van der Waals surface area contributed by atoms with Gasteiger partial charge in [0, 0.05) is 18.5 Å². The summed E-state index contributed by atoms with van der Waals surface area (Å²) in [5.41, 5.74) is 10.7. The fraction of sp³-hybridized carbons (Fsp3) is 0.231. The molecule has 1 rings (SSSR count). The molecule has 1 aromatic rings. The lowest BCUT2D eigenvalue weighted by molar-refractivity contribution is -0.117. The van der Waals surface area contributed by atoms with Crippen LogP contribution in [0.2, 0.25) is 0 Å². The molecule has 0 radical (unpaired) electrons. The first-order valence-corrected chi connectivity index (χ1v) is 5.59. The molecule has 0 bridgehead atoms. The zero-order valence-corrected chi connectivity index (χ0v) is 10.2.